The minimum absolute atomic E-state index is 0.681. The summed E-state index contributed by atoms with van der Waals surface area (Å²) < 4.78 is 5.28. The number of rotatable bonds is 9. The van der Waals surface area contributed by atoms with Gasteiger partial charge < -0.3 is 10.3 Å². The Labute approximate surface area is 110 Å². The topological polar surface area (TPSA) is 64.9 Å². The van der Waals surface area contributed by atoms with E-state index in [2.05, 4.69) is 30.9 Å². The quantitative estimate of drug-likeness (QED) is 0.735. The standard InChI is InChI=1S/C14H27N3O/c1-4-12(9-10-15)6-8-14-16-13(17-18-14)7-5-11(2)3/h11-12H,4-10,15H2,1-3H3. The molecule has 0 spiro atoms. The molecule has 1 rings (SSSR count). The van der Waals surface area contributed by atoms with Crippen LogP contribution in [0.4, 0.5) is 0 Å². The fraction of sp³-hybridized carbons (Fsp3) is 0.857. The third kappa shape index (κ3) is 5.63. The fourth-order valence-electron chi connectivity index (χ4n) is 2.03. The van der Waals surface area contributed by atoms with E-state index in [1.165, 1.54) is 6.42 Å². The van der Waals surface area contributed by atoms with Crippen molar-refractivity contribution in [2.24, 2.45) is 17.6 Å². The molecule has 0 amide bonds. The molecule has 0 saturated carbocycles. The number of hydrogen-bond acceptors (Lipinski definition) is 4. The molecule has 4 nitrogen and oxygen atoms in total. The van der Waals surface area contributed by atoms with Crippen LogP contribution in [0.25, 0.3) is 0 Å². The van der Waals surface area contributed by atoms with Crippen LogP contribution in [0.3, 0.4) is 0 Å². The maximum atomic E-state index is 5.59. The summed E-state index contributed by atoms with van der Waals surface area (Å²) in [6, 6.07) is 0. The van der Waals surface area contributed by atoms with Crippen molar-refractivity contribution in [1.82, 2.24) is 10.1 Å². The average molecular weight is 253 g/mol. The van der Waals surface area contributed by atoms with E-state index >= 15 is 0 Å². The van der Waals surface area contributed by atoms with Gasteiger partial charge in [0.2, 0.25) is 5.89 Å². The number of aromatic nitrogens is 2. The molecule has 0 aliphatic carbocycles. The molecule has 0 radical (unpaired) electrons. The number of nitrogens with zero attached hydrogens (tertiary/aromatic N) is 2. The molecule has 1 unspecified atom stereocenters. The highest BCUT2D eigenvalue weighted by molar-refractivity contribution is 4.87. The molecular formula is C14H27N3O. The van der Waals surface area contributed by atoms with Gasteiger partial charge in [0.1, 0.15) is 0 Å². The van der Waals surface area contributed by atoms with Crippen molar-refractivity contribution in [1.29, 1.82) is 0 Å². The van der Waals surface area contributed by atoms with Crippen LogP contribution >= 0.6 is 0 Å². The summed E-state index contributed by atoms with van der Waals surface area (Å²) in [7, 11) is 0. The van der Waals surface area contributed by atoms with Gasteiger partial charge in [-0.15, -0.1) is 0 Å². The molecule has 104 valence electrons. The third-order valence-electron chi connectivity index (χ3n) is 3.37. The van der Waals surface area contributed by atoms with Crippen LogP contribution < -0.4 is 5.73 Å². The summed E-state index contributed by atoms with van der Waals surface area (Å²) in [5, 5.41) is 4.03. The maximum absolute atomic E-state index is 5.59. The smallest absolute Gasteiger partial charge is 0.226 e. The van der Waals surface area contributed by atoms with Gasteiger partial charge in [0.15, 0.2) is 5.82 Å². The monoisotopic (exact) mass is 253 g/mol. The predicted octanol–water partition coefficient (Wildman–Crippen LogP) is 2.97. The Morgan fingerprint density at radius 3 is 2.56 bits per heavy atom. The lowest BCUT2D eigenvalue weighted by Gasteiger charge is -2.11. The normalized spacial score (nSPS) is 13.2. The lowest BCUT2D eigenvalue weighted by atomic mass is 9.97. The van der Waals surface area contributed by atoms with Crippen molar-refractivity contribution in [2.45, 2.75) is 59.3 Å². The molecule has 1 heterocycles. The van der Waals surface area contributed by atoms with Crippen molar-refractivity contribution in [3.8, 4) is 0 Å². The fourth-order valence-corrected chi connectivity index (χ4v) is 2.03. The summed E-state index contributed by atoms with van der Waals surface area (Å²) in [6.45, 7) is 7.39. The Morgan fingerprint density at radius 1 is 1.17 bits per heavy atom. The second-order valence-electron chi connectivity index (χ2n) is 5.43. The first-order valence-corrected chi connectivity index (χ1v) is 7.17. The molecule has 2 N–H and O–H groups in total. The van der Waals surface area contributed by atoms with Crippen LogP contribution in [0.2, 0.25) is 0 Å². The van der Waals surface area contributed by atoms with E-state index in [0.717, 1.165) is 50.4 Å². The van der Waals surface area contributed by atoms with E-state index in [1.54, 1.807) is 0 Å². The second kappa shape index (κ2) is 8.25. The van der Waals surface area contributed by atoms with Crippen LogP contribution in [0.1, 0.15) is 58.2 Å². The Hall–Kier alpha value is -0.900. The largest absolute Gasteiger partial charge is 0.339 e. The van der Waals surface area contributed by atoms with Gasteiger partial charge in [-0.3, -0.25) is 0 Å². The first-order chi connectivity index (χ1) is 8.65. The van der Waals surface area contributed by atoms with Crippen molar-refractivity contribution < 1.29 is 4.52 Å². The van der Waals surface area contributed by atoms with Gasteiger partial charge in [-0.1, -0.05) is 32.3 Å². The van der Waals surface area contributed by atoms with E-state index < -0.39 is 0 Å². The van der Waals surface area contributed by atoms with Gasteiger partial charge in [0, 0.05) is 12.8 Å². The molecule has 0 fully saturated rings. The van der Waals surface area contributed by atoms with Crippen LogP contribution in [0.15, 0.2) is 4.52 Å². The molecule has 1 aromatic heterocycles. The molecule has 0 bridgehead atoms. The Morgan fingerprint density at radius 2 is 1.94 bits per heavy atom. The van der Waals surface area contributed by atoms with E-state index in [0.29, 0.717) is 11.8 Å². The van der Waals surface area contributed by atoms with Crippen molar-refractivity contribution in [2.75, 3.05) is 6.54 Å². The number of hydrogen-bond donors (Lipinski definition) is 1. The minimum Gasteiger partial charge on any atom is -0.339 e. The number of aryl methyl sites for hydroxylation is 2. The highest BCUT2D eigenvalue weighted by Gasteiger charge is 2.10. The van der Waals surface area contributed by atoms with Gasteiger partial charge in [-0.05, 0) is 37.6 Å². The van der Waals surface area contributed by atoms with Gasteiger partial charge in [0.25, 0.3) is 0 Å². The summed E-state index contributed by atoms with van der Waals surface area (Å²) in [5.41, 5.74) is 5.59. The summed E-state index contributed by atoms with van der Waals surface area (Å²) >= 11 is 0. The third-order valence-corrected chi connectivity index (χ3v) is 3.37. The van der Waals surface area contributed by atoms with Crippen LogP contribution in [0.5, 0.6) is 0 Å². The minimum atomic E-state index is 0.681. The Kier molecular flexibility index (Phi) is 6.94. The zero-order valence-corrected chi connectivity index (χ0v) is 12.0. The van der Waals surface area contributed by atoms with Crippen LogP contribution in [-0.4, -0.2) is 16.7 Å². The zero-order chi connectivity index (χ0) is 13.4. The van der Waals surface area contributed by atoms with Crippen molar-refractivity contribution in [3.05, 3.63) is 11.7 Å². The van der Waals surface area contributed by atoms with Gasteiger partial charge >= 0.3 is 0 Å². The SMILES string of the molecule is CCC(CCN)CCc1nc(CCC(C)C)no1. The molecule has 4 heteroatoms. The zero-order valence-electron chi connectivity index (χ0n) is 12.0. The van der Waals surface area contributed by atoms with E-state index in [9.17, 15) is 0 Å². The first-order valence-electron chi connectivity index (χ1n) is 7.17. The number of nitrogens with two attached hydrogens (primary N) is 1. The Bertz CT molecular complexity index is 323. The van der Waals surface area contributed by atoms with Crippen molar-refractivity contribution >= 4 is 0 Å². The van der Waals surface area contributed by atoms with E-state index in [1.807, 2.05) is 0 Å². The predicted molar refractivity (Wildman–Crippen MR) is 73.2 cm³/mol. The molecule has 18 heavy (non-hydrogen) atoms. The van der Waals surface area contributed by atoms with E-state index in [4.69, 9.17) is 10.3 Å². The highest BCUT2D eigenvalue weighted by Crippen LogP contribution is 2.15. The molecular weight excluding hydrogens is 226 g/mol. The molecule has 0 aliphatic rings. The average Bonchev–Trinajstić information content (AvgIpc) is 2.80. The van der Waals surface area contributed by atoms with Crippen LogP contribution in [0, 0.1) is 11.8 Å². The molecule has 1 atom stereocenters. The van der Waals surface area contributed by atoms with Gasteiger partial charge in [-0.25, -0.2) is 0 Å². The first kappa shape index (κ1) is 15.2. The van der Waals surface area contributed by atoms with Gasteiger partial charge in [-0.2, -0.15) is 4.98 Å². The highest BCUT2D eigenvalue weighted by atomic mass is 16.5. The molecule has 0 saturated heterocycles. The molecule has 1 aromatic rings. The molecule has 0 aliphatic heterocycles. The van der Waals surface area contributed by atoms with Crippen molar-refractivity contribution in [3.63, 3.8) is 0 Å². The maximum Gasteiger partial charge on any atom is 0.226 e. The summed E-state index contributed by atoms with van der Waals surface area (Å²) in [4.78, 5) is 4.44. The Balaban J connectivity index is 2.34. The van der Waals surface area contributed by atoms with Crippen LogP contribution in [-0.2, 0) is 12.8 Å². The second-order valence-corrected chi connectivity index (χ2v) is 5.43. The summed E-state index contributed by atoms with van der Waals surface area (Å²) in [5.74, 6) is 3.00. The molecule has 0 aromatic carbocycles. The lowest BCUT2D eigenvalue weighted by Crippen LogP contribution is -2.09. The van der Waals surface area contributed by atoms with E-state index in [-0.39, 0.29) is 0 Å². The summed E-state index contributed by atoms with van der Waals surface area (Å²) in [6.07, 6.45) is 6.27. The lowest BCUT2D eigenvalue weighted by molar-refractivity contribution is 0.350. The van der Waals surface area contributed by atoms with Gasteiger partial charge in [0.05, 0.1) is 0 Å².